The minimum Gasteiger partial charge on any atom is -0.347 e. The Balaban J connectivity index is 1.75. The highest BCUT2D eigenvalue weighted by molar-refractivity contribution is 5.84. The summed E-state index contributed by atoms with van der Waals surface area (Å²) in [6.07, 6.45) is 1.80. The van der Waals surface area contributed by atoms with Crippen LogP contribution < -0.4 is 5.43 Å². The molecule has 1 fully saturated rings. The number of carbonyl (C=O) groups excluding carboxylic acids is 1. The van der Waals surface area contributed by atoms with E-state index in [-0.39, 0.29) is 12.3 Å². The van der Waals surface area contributed by atoms with E-state index < -0.39 is 5.79 Å². The zero-order valence-electron chi connectivity index (χ0n) is 16.6. The molecule has 2 heterocycles. The fourth-order valence-corrected chi connectivity index (χ4v) is 3.58. The third kappa shape index (κ3) is 4.12. The Morgan fingerprint density at radius 3 is 2.48 bits per heavy atom. The van der Waals surface area contributed by atoms with Crippen LogP contribution in [-0.2, 0) is 14.3 Å². The summed E-state index contributed by atoms with van der Waals surface area (Å²) in [5.41, 5.74) is 9.37. The minimum absolute atomic E-state index is 0.117. The van der Waals surface area contributed by atoms with Crippen LogP contribution in [0.2, 0.25) is 0 Å². The lowest BCUT2D eigenvalue weighted by atomic mass is 10.1. The van der Waals surface area contributed by atoms with Crippen LogP contribution in [0.3, 0.4) is 0 Å². The van der Waals surface area contributed by atoms with E-state index in [1.54, 1.807) is 13.1 Å². The molecule has 0 radical (unpaired) electrons. The van der Waals surface area contributed by atoms with Gasteiger partial charge in [-0.1, -0.05) is 18.2 Å². The molecule has 0 atom stereocenters. The first-order valence-corrected chi connectivity index (χ1v) is 9.16. The Hall–Kier alpha value is -2.44. The Morgan fingerprint density at radius 2 is 1.85 bits per heavy atom. The Bertz CT molecular complexity index is 857. The molecule has 1 N–H and O–H groups in total. The maximum atomic E-state index is 12.1. The van der Waals surface area contributed by atoms with Gasteiger partial charge in [0.15, 0.2) is 5.79 Å². The summed E-state index contributed by atoms with van der Waals surface area (Å²) in [5, 5.41) is 4.12. The van der Waals surface area contributed by atoms with E-state index in [0.29, 0.717) is 13.2 Å². The molecule has 6 nitrogen and oxygen atoms in total. The summed E-state index contributed by atoms with van der Waals surface area (Å²) in [4.78, 5) is 12.1. The molecule has 1 aromatic carbocycles. The maximum absolute atomic E-state index is 12.1. The van der Waals surface area contributed by atoms with Crippen molar-refractivity contribution in [2.75, 3.05) is 13.2 Å². The smallest absolute Gasteiger partial charge is 0.245 e. The van der Waals surface area contributed by atoms with Gasteiger partial charge in [0.25, 0.3) is 0 Å². The largest absolute Gasteiger partial charge is 0.347 e. The summed E-state index contributed by atoms with van der Waals surface area (Å²) in [5.74, 6) is -1.09. The van der Waals surface area contributed by atoms with Crippen molar-refractivity contribution < 1.29 is 14.3 Å². The van der Waals surface area contributed by atoms with Crippen molar-refractivity contribution in [3.8, 4) is 5.69 Å². The number of benzene rings is 1. The molecule has 1 aliphatic rings. The van der Waals surface area contributed by atoms with Gasteiger partial charge in [0.2, 0.25) is 5.91 Å². The number of amides is 1. The van der Waals surface area contributed by atoms with Gasteiger partial charge in [-0.25, -0.2) is 5.43 Å². The summed E-state index contributed by atoms with van der Waals surface area (Å²) >= 11 is 0. The van der Waals surface area contributed by atoms with Crippen molar-refractivity contribution in [2.24, 2.45) is 5.10 Å². The van der Waals surface area contributed by atoms with E-state index in [0.717, 1.165) is 17.0 Å². The molecule has 3 rings (SSSR count). The summed E-state index contributed by atoms with van der Waals surface area (Å²) in [6.45, 7) is 11.1. The summed E-state index contributed by atoms with van der Waals surface area (Å²) in [6, 6.07) is 8.37. The molecule has 27 heavy (non-hydrogen) atoms. The molecule has 0 saturated carbocycles. The predicted octanol–water partition coefficient (Wildman–Crippen LogP) is 3.31. The SMILES string of the molecule is Cc1cccc(C)c1-n1c(C)cc(C=NNC(=O)CC2(C)OCCO2)c1C. The van der Waals surface area contributed by atoms with Crippen LogP contribution in [0.5, 0.6) is 0 Å². The van der Waals surface area contributed by atoms with Gasteiger partial charge in [-0.15, -0.1) is 0 Å². The highest BCUT2D eigenvalue weighted by Crippen LogP contribution is 2.25. The number of hydrogen-bond acceptors (Lipinski definition) is 4. The van der Waals surface area contributed by atoms with Gasteiger partial charge in [-0.3, -0.25) is 4.79 Å². The predicted molar refractivity (Wildman–Crippen MR) is 105 cm³/mol. The van der Waals surface area contributed by atoms with E-state index in [9.17, 15) is 4.79 Å². The number of nitrogens with one attached hydrogen (secondary N) is 1. The third-order valence-electron chi connectivity index (χ3n) is 4.91. The molecule has 0 unspecified atom stereocenters. The number of para-hydroxylation sites is 1. The van der Waals surface area contributed by atoms with Crippen LogP contribution >= 0.6 is 0 Å². The van der Waals surface area contributed by atoms with Gasteiger partial charge >= 0.3 is 0 Å². The highest BCUT2D eigenvalue weighted by Gasteiger charge is 2.33. The molecule has 0 aliphatic carbocycles. The van der Waals surface area contributed by atoms with Gasteiger partial charge < -0.3 is 14.0 Å². The Labute approximate surface area is 160 Å². The van der Waals surface area contributed by atoms with Crippen molar-refractivity contribution in [1.29, 1.82) is 0 Å². The number of hydrogen-bond donors (Lipinski definition) is 1. The second kappa shape index (κ2) is 7.66. The zero-order valence-corrected chi connectivity index (χ0v) is 16.6. The van der Waals surface area contributed by atoms with Crippen molar-refractivity contribution in [3.63, 3.8) is 0 Å². The van der Waals surface area contributed by atoms with Gasteiger partial charge in [-0.2, -0.15) is 5.10 Å². The third-order valence-corrected chi connectivity index (χ3v) is 4.91. The number of aromatic nitrogens is 1. The molecule has 1 amide bonds. The van der Waals surface area contributed by atoms with Crippen molar-refractivity contribution in [3.05, 3.63) is 52.3 Å². The van der Waals surface area contributed by atoms with Crippen molar-refractivity contribution >= 4 is 12.1 Å². The van der Waals surface area contributed by atoms with E-state index in [4.69, 9.17) is 9.47 Å². The van der Waals surface area contributed by atoms with E-state index >= 15 is 0 Å². The normalized spacial score (nSPS) is 16.2. The molecule has 144 valence electrons. The number of hydrazone groups is 1. The molecule has 6 heteroatoms. The quantitative estimate of drug-likeness (QED) is 0.650. The van der Waals surface area contributed by atoms with Gasteiger partial charge in [0.1, 0.15) is 0 Å². The summed E-state index contributed by atoms with van der Waals surface area (Å²) < 4.78 is 13.1. The first kappa shape index (κ1) is 19.3. The fraction of sp³-hybridized carbons (Fsp3) is 0.429. The van der Waals surface area contributed by atoms with Gasteiger partial charge in [0, 0.05) is 17.0 Å². The number of ether oxygens (including phenoxy) is 2. The Kier molecular flexibility index (Phi) is 5.48. The lowest BCUT2D eigenvalue weighted by molar-refractivity contribution is -0.159. The lowest BCUT2D eigenvalue weighted by Gasteiger charge is -2.20. The van der Waals surface area contributed by atoms with E-state index in [2.05, 4.69) is 67.1 Å². The standard InChI is InChI=1S/C21H27N3O3/c1-14-7-6-8-15(2)20(14)24-16(3)11-18(17(24)4)13-22-23-19(25)12-21(5)26-9-10-27-21/h6-8,11,13H,9-10,12H2,1-5H3,(H,23,25). The fourth-order valence-electron chi connectivity index (χ4n) is 3.58. The number of rotatable bonds is 5. The monoisotopic (exact) mass is 369 g/mol. The van der Waals surface area contributed by atoms with Crippen LogP contribution in [0, 0.1) is 27.7 Å². The Morgan fingerprint density at radius 1 is 1.22 bits per heavy atom. The van der Waals surface area contributed by atoms with Gasteiger partial charge in [0.05, 0.1) is 31.5 Å². The van der Waals surface area contributed by atoms with Crippen LogP contribution in [0.25, 0.3) is 5.69 Å². The van der Waals surface area contributed by atoms with Crippen molar-refractivity contribution in [2.45, 2.75) is 46.8 Å². The average Bonchev–Trinajstić information content (AvgIpc) is 3.13. The topological polar surface area (TPSA) is 64.9 Å². The van der Waals surface area contributed by atoms with Crippen LogP contribution in [0.1, 0.15) is 41.4 Å². The average molecular weight is 369 g/mol. The summed E-state index contributed by atoms with van der Waals surface area (Å²) in [7, 11) is 0. The maximum Gasteiger partial charge on any atom is 0.245 e. The molecule has 1 aliphatic heterocycles. The van der Waals surface area contributed by atoms with E-state index in [1.807, 2.05) is 0 Å². The molecule has 2 aromatic rings. The zero-order chi connectivity index (χ0) is 19.6. The second-order valence-corrected chi connectivity index (χ2v) is 7.20. The molecule has 0 bridgehead atoms. The first-order valence-electron chi connectivity index (χ1n) is 9.16. The lowest BCUT2D eigenvalue weighted by Crippen LogP contribution is -2.33. The number of nitrogens with zero attached hydrogens (tertiary/aromatic N) is 2. The molecule has 1 saturated heterocycles. The van der Waals surface area contributed by atoms with Gasteiger partial charge in [-0.05, 0) is 51.8 Å². The molecule has 0 spiro atoms. The second-order valence-electron chi connectivity index (χ2n) is 7.20. The van der Waals surface area contributed by atoms with E-state index in [1.165, 1.54) is 16.8 Å². The van der Waals surface area contributed by atoms with Crippen LogP contribution in [0.15, 0.2) is 29.4 Å². The van der Waals surface area contributed by atoms with Crippen molar-refractivity contribution in [1.82, 2.24) is 9.99 Å². The number of carbonyl (C=O) groups is 1. The molecule has 1 aromatic heterocycles. The number of aryl methyl sites for hydroxylation is 3. The first-order chi connectivity index (χ1) is 12.8. The molecular formula is C21H27N3O3. The molecular weight excluding hydrogens is 342 g/mol. The minimum atomic E-state index is -0.849. The van der Waals surface area contributed by atoms with Crippen LogP contribution in [-0.4, -0.2) is 35.7 Å². The highest BCUT2D eigenvalue weighted by atomic mass is 16.7. The van der Waals surface area contributed by atoms with Crippen LogP contribution in [0.4, 0.5) is 0 Å².